The van der Waals surface area contributed by atoms with Gasteiger partial charge in [0.05, 0.1) is 28.0 Å². The van der Waals surface area contributed by atoms with Crippen molar-refractivity contribution < 1.29 is 23.0 Å². The average molecular weight is 332 g/mol. The SMILES string of the molecule is NS(=O)(=O)c1cc([N+](=O)[O-])c(N2CCOCC2)c([N+](=O)[O-])c1. The molecule has 0 radical (unpaired) electrons. The molecule has 2 N–H and O–H groups in total. The van der Waals surface area contributed by atoms with Crippen LogP contribution in [-0.4, -0.2) is 44.6 Å². The molecule has 1 aromatic rings. The minimum Gasteiger partial charge on any atom is -0.378 e. The number of nitro benzene ring substituents is 2. The van der Waals surface area contributed by atoms with Crippen LogP contribution in [0.3, 0.4) is 0 Å². The van der Waals surface area contributed by atoms with Gasteiger partial charge in [-0.1, -0.05) is 0 Å². The molecule has 0 aliphatic carbocycles. The molecule has 1 saturated heterocycles. The normalized spacial score (nSPS) is 15.6. The highest BCUT2D eigenvalue weighted by Gasteiger charge is 2.33. The van der Waals surface area contributed by atoms with Gasteiger partial charge in [-0.3, -0.25) is 20.2 Å². The predicted octanol–water partition coefficient (Wildman–Crippen LogP) is -0.0130. The van der Waals surface area contributed by atoms with E-state index in [0.717, 1.165) is 12.1 Å². The van der Waals surface area contributed by atoms with Gasteiger partial charge in [0.25, 0.3) is 0 Å². The molecule has 12 heteroatoms. The molecule has 2 rings (SSSR count). The summed E-state index contributed by atoms with van der Waals surface area (Å²) in [7, 11) is -4.31. The van der Waals surface area contributed by atoms with Crippen LogP contribution in [0.25, 0.3) is 0 Å². The number of hydrogen-bond acceptors (Lipinski definition) is 8. The number of ether oxygens (including phenoxy) is 1. The third-order valence-corrected chi connectivity index (χ3v) is 3.99. The predicted molar refractivity (Wildman–Crippen MR) is 74.2 cm³/mol. The minimum atomic E-state index is -4.31. The van der Waals surface area contributed by atoms with E-state index < -0.39 is 36.1 Å². The van der Waals surface area contributed by atoms with Gasteiger partial charge in [-0.15, -0.1) is 0 Å². The van der Waals surface area contributed by atoms with Crippen molar-refractivity contribution in [1.82, 2.24) is 0 Å². The van der Waals surface area contributed by atoms with Crippen molar-refractivity contribution in [3.05, 3.63) is 32.4 Å². The molecular weight excluding hydrogens is 320 g/mol. The zero-order valence-electron chi connectivity index (χ0n) is 11.2. The number of morpholine rings is 1. The molecular formula is C10H12N4O7S. The first kappa shape index (κ1) is 16.1. The molecule has 1 heterocycles. The van der Waals surface area contributed by atoms with Gasteiger partial charge < -0.3 is 9.64 Å². The van der Waals surface area contributed by atoms with E-state index in [2.05, 4.69) is 0 Å². The molecule has 1 aliphatic heterocycles. The molecule has 0 saturated carbocycles. The van der Waals surface area contributed by atoms with Crippen LogP contribution in [0.2, 0.25) is 0 Å². The Labute approximate surface area is 124 Å². The molecule has 0 unspecified atom stereocenters. The van der Waals surface area contributed by atoms with Gasteiger partial charge in [-0.05, 0) is 0 Å². The highest BCUT2D eigenvalue weighted by atomic mass is 32.2. The molecule has 1 aliphatic rings. The van der Waals surface area contributed by atoms with E-state index in [1.807, 2.05) is 0 Å². The summed E-state index contributed by atoms with van der Waals surface area (Å²) in [6.45, 7) is 0.948. The number of benzene rings is 1. The molecule has 22 heavy (non-hydrogen) atoms. The number of sulfonamides is 1. The molecule has 0 atom stereocenters. The van der Waals surface area contributed by atoms with Crippen LogP contribution in [0.5, 0.6) is 0 Å². The van der Waals surface area contributed by atoms with Crippen LogP contribution < -0.4 is 10.0 Å². The second kappa shape index (κ2) is 5.82. The fourth-order valence-electron chi connectivity index (χ4n) is 2.13. The lowest BCUT2D eigenvalue weighted by atomic mass is 10.2. The summed E-state index contributed by atoms with van der Waals surface area (Å²) in [5, 5.41) is 27.3. The maximum absolute atomic E-state index is 11.4. The molecule has 0 bridgehead atoms. The number of nitrogens with zero attached hydrogens (tertiary/aromatic N) is 3. The van der Waals surface area contributed by atoms with E-state index >= 15 is 0 Å². The average Bonchev–Trinajstić information content (AvgIpc) is 2.45. The number of rotatable bonds is 4. The highest BCUT2D eigenvalue weighted by molar-refractivity contribution is 7.89. The van der Waals surface area contributed by atoms with Crippen molar-refractivity contribution >= 4 is 27.1 Å². The van der Waals surface area contributed by atoms with E-state index in [1.165, 1.54) is 4.90 Å². The molecule has 0 amide bonds. The summed E-state index contributed by atoms with van der Waals surface area (Å²) >= 11 is 0. The summed E-state index contributed by atoms with van der Waals surface area (Å²) < 4.78 is 27.8. The minimum absolute atomic E-state index is 0.219. The maximum atomic E-state index is 11.4. The van der Waals surface area contributed by atoms with Crippen molar-refractivity contribution in [1.29, 1.82) is 0 Å². The van der Waals surface area contributed by atoms with E-state index in [-0.39, 0.29) is 32.0 Å². The van der Waals surface area contributed by atoms with Crippen LogP contribution >= 0.6 is 0 Å². The van der Waals surface area contributed by atoms with Gasteiger partial charge in [0, 0.05) is 25.2 Å². The van der Waals surface area contributed by atoms with E-state index in [1.54, 1.807) is 0 Å². The Hall–Kier alpha value is -2.31. The Morgan fingerprint density at radius 1 is 1.09 bits per heavy atom. The topological polar surface area (TPSA) is 159 Å². The molecule has 0 spiro atoms. The highest BCUT2D eigenvalue weighted by Crippen LogP contribution is 2.39. The number of hydrogen-bond donors (Lipinski definition) is 1. The molecule has 11 nitrogen and oxygen atoms in total. The van der Waals surface area contributed by atoms with Crippen molar-refractivity contribution in [2.75, 3.05) is 31.2 Å². The summed E-state index contributed by atoms with van der Waals surface area (Å²) in [5.41, 5.74) is -1.61. The Morgan fingerprint density at radius 3 is 1.91 bits per heavy atom. The summed E-state index contributed by atoms with van der Waals surface area (Å²) in [6.07, 6.45) is 0. The Morgan fingerprint density at radius 2 is 1.55 bits per heavy atom. The first-order valence-corrected chi connectivity index (χ1v) is 7.59. The van der Waals surface area contributed by atoms with E-state index in [9.17, 15) is 28.6 Å². The molecule has 1 fully saturated rings. The van der Waals surface area contributed by atoms with E-state index in [4.69, 9.17) is 9.88 Å². The van der Waals surface area contributed by atoms with Gasteiger partial charge in [0.15, 0.2) is 5.69 Å². The standard InChI is InChI=1S/C10H12N4O7S/c11-22(19,20)7-5-8(13(15)16)10(9(6-7)14(17)18)12-1-3-21-4-2-12/h5-6H,1-4H2,(H2,11,19,20). The van der Waals surface area contributed by atoms with Crippen LogP contribution in [0.15, 0.2) is 17.0 Å². The third-order valence-electron chi connectivity index (χ3n) is 3.09. The Bertz CT molecular complexity index is 692. The lowest BCUT2D eigenvalue weighted by Crippen LogP contribution is -2.37. The molecule has 120 valence electrons. The van der Waals surface area contributed by atoms with Gasteiger partial charge in [-0.2, -0.15) is 0 Å². The third kappa shape index (κ3) is 3.13. The quantitative estimate of drug-likeness (QED) is 0.595. The number of anilines is 1. The Kier molecular flexibility index (Phi) is 4.25. The largest absolute Gasteiger partial charge is 0.378 e. The van der Waals surface area contributed by atoms with Crippen molar-refractivity contribution in [3.8, 4) is 0 Å². The molecule has 0 aromatic heterocycles. The van der Waals surface area contributed by atoms with Crippen molar-refractivity contribution in [2.24, 2.45) is 5.14 Å². The van der Waals surface area contributed by atoms with Crippen molar-refractivity contribution in [2.45, 2.75) is 4.90 Å². The second-order valence-electron chi connectivity index (χ2n) is 4.47. The van der Waals surface area contributed by atoms with Gasteiger partial charge in [-0.25, -0.2) is 13.6 Å². The van der Waals surface area contributed by atoms with Gasteiger partial charge in [0.2, 0.25) is 10.0 Å². The number of nitrogens with two attached hydrogens (primary N) is 1. The number of primary sulfonamides is 1. The fourth-order valence-corrected chi connectivity index (χ4v) is 2.68. The van der Waals surface area contributed by atoms with Crippen LogP contribution in [0.1, 0.15) is 0 Å². The lowest BCUT2D eigenvalue weighted by molar-refractivity contribution is -0.393. The molecule has 1 aromatic carbocycles. The lowest BCUT2D eigenvalue weighted by Gasteiger charge is -2.28. The zero-order chi connectivity index (χ0) is 16.5. The van der Waals surface area contributed by atoms with Crippen molar-refractivity contribution in [3.63, 3.8) is 0 Å². The summed E-state index contributed by atoms with van der Waals surface area (Å²) in [5.74, 6) is 0. The van der Waals surface area contributed by atoms with Crippen LogP contribution in [-0.2, 0) is 14.8 Å². The fraction of sp³-hybridized carbons (Fsp3) is 0.400. The summed E-state index contributed by atoms with van der Waals surface area (Å²) in [4.78, 5) is 21.4. The van der Waals surface area contributed by atoms with E-state index in [0.29, 0.717) is 0 Å². The van der Waals surface area contributed by atoms with Crippen LogP contribution in [0, 0.1) is 20.2 Å². The zero-order valence-corrected chi connectivity index (χ0v) is 12.0. The van der Waals surface area contributed by atoms with Gasteiger partial charge in [0.1, 0.15) is 0 Å². The maximum Gasteiger partial charge on any atom is 0.301 e. The van der Waals surface area contributed by atoms with Crippen LogP contribution in [0.4, 0.5) is 17.1 Å². The Balaban J connectivity index is 2.73. The first-order chi connectivity index (χ1) is 10.2. The summed E-state index contributed by atoms with van der Waals surface area (Å²) in [6, 6.07) is 1.46. The smallest absolute Gasteiger partial charge is 0.301 e. The second-order valence-corrected chi connectivity index (χ2v) is 6.03. The van der Waals surface area contributed by atoms with Gasteiger partial charge >= 0.3 is 11.4 Å². The first-order valence-electron chi connectivity index (χ1n) is 6.04. The number of nitro groups is 2. The monoisotopic (exact) mass is 332 g/mol.